The Kier molecular flexibility index (Phi) is 4.57. The fraction of sp³-hybridized carbons (Fsp3) is 0.455. The van der Waals surface area contributed by atoms with Gasteiger partial charge in [-0.2, -0.15) is 0 Å². The highest BCUT2D eigenvalue weighted by Crippen LogP contribution is 2.12. The summed E-state index contributed by atoms with van der Waals surface area (Å²) in [6, 6.07) is 1.51. The number of carbonyl (C=O) groups excluding carboxylic acids is 1. The van der Waals surface area contributed by atoms with Crippen molar-refractivity contribution in [1.82, 2.24) is 9.88 Å². The number of aromatic nitrogens is 1. The molecule has 1 aromatic rings. The number of alkyl halides is 1. The molecule has 0 spiro atoms. The van der Waals surface area contributed by atoms with Crippen LogP contribution in [0.5, 0.6) is 5.88 Å². The molecular weight excluding hydrogens is 244 g/mol. The van der Waals surface area contributed by atoms with Crippen molar-refractivity contribution in [2.24, 2.45) is 0 Å². The summed E-state index contributed by atoms with van der Waals surface area (Å²) in [4.78, 5) is 23.0. The van der Waals surface area contributed by atoms with Crippen LogP contribution in [0.15, 0.2) is 10.9 Å². The Hall–Kier alpha value is -1.49. The van der Waals surface area contributed by atoms with Crippen molar-refractivity contribution in [1.29, 1.82) is 0 Å². The van der Waals surface area contributed by atoms with Crippen molar-refractivity contribution in [3.63, 3.8) is 0 Å². The quantitative estimate of drug-likeness (QED) is 0.783. The second kappa shape index (κ2) is 5.72. The van der Waals surface area contributed by atoms with Crippen molar-refractivity contribution in [3.05, 3.63) is 27.5 Å². The summed E-state index contributed by atoms with van der Waals surface area (Å²) in [5, 5.41) is 12.1. The van der Waals surface area contributed by atoms with Crippen molar-refractivity contribution < 1.29 is 9.90 Å². The van der Waals surface area contributed by atoms with Crippen LogP contribution in [0.2, 0.25) is 0 Å². The average Bonchev–Trinajstić information content (AvgIpc) is 2.28. The monoisotopic (exact) mass is 258 g/mol. The lowest BCUT2D eigenvalue weighted by atomic mass is 10.1. The van der Waals surface area contributed by atoms with E-state index < -0.39 is 0 Å². The third-order valence-corrected chi connectivity index (χ3v) is 2.74. The average molecular weight is 259 g/mol. The normalized spacial score (nSPS) is 10.3. The molecule has 0 atom stereocenters. The molecule has 1 heterocycles. The molecule has 5 nitrogen and oxygen atoms in total. The second-order valence-corrected chi connectivity index (χ2v) is 3.89. The maximum Gasteiger partial charge on any atom is 0.258 e. The molecular formula is C11H15ClN2O3. The number of aryl methyl sites for hydroxylation is 1. The van der Waals surface area contributed by atoms with Crippen molar-refractivity contribution in [3.8, 4) is 5.88 Å². The van der Waals surface area contributed by atoms with Crippen molar-refractivity contribution >= 4 is 17.5 Å². The SMILES string of the molecule is CCn1c(O)cc(C)c(CNC(=O)CCl)c1=O. The lowest BCUT2D eigenvalue weighted by Crippen LogP contribution is -2.31. The van der Waals surface area contributed by atoms with E-state index in [0.717, 1.165) is 0 Å². The molecule has 17 heavy (non-hydrogen) atoms. The second-order valence-electron chi connectivity index (χ2n) is 3.62. The van der Waals surface area contributed by atoms with Crippen LogP contribution in [0, 0.1) is 6.92 Å². The summed E-state index contributed by atoms with van der Waals surface area (Å²) >= 11 is 5.35. The molecule has 0 saturated heterocycles. The summed E-state index contributed by atoms with van der Waals surface area (Å²) in [7, 11) is 0. The van der Waals surface area contributed by atoms with Crippen molar-refractivity contribution in [2.45, 2.75) is 26.9 Å². The first-order valence-corrected chi connectivity index (χ1v) is 5.79. The summed E-state index contributed by atoms with van der Waals surface area (Å²) in [5.74, 6) is -0.539. The largest absolute Gasteiger partial charge is 0.494 e. The van der Waals surface area contributed by atoms with Crippen LogP contribution in [0.4, 0.5) is 0 Å². The number of halogens is 1. The Bertz CT molecular complexity index is 482. The Balaban J connectivity index is 3.07. The zero-order valence-electron chi connectivity index (χ0n) is 9.79. The Morgan fingerprint density at radius 2 is 2.24 bits per heavy atom. The van der Waals surface area contributed by atoms with Gasteiger partial charge in [0.15, 0.2) is 5.88 Å². The fourth-order valence-corrected chi connectivity index (χ4v) is 1.64. The summed E-state index contributed by atoms with van der Waals surface area (Å²) < 4.78 is 1.25. The van der Waals surface area contributed by atoms with E-state index in [1.807, 2.05) is 0 Å². The highest BCUT2D eigenvalue weighted by atomic mass is 35.5. The smallest absolute Gasteiger partial charge is 0.258 e. The van der Waals surface area contributed by atoms with E-state index >= 15 is 0 Å². The van der Waals surface area contributed by atoms with E-state index in [1.165, 1.54) is 10.6 Å². The molecule has 0 aliphatic rings. The first-order chi connectivity index (χ1) is 8.01. The number of nitrogens with one attached hydrogen (secondary N) is 1. The van der Waals surface area contributed by atoms with E-state index in [4.69, 9.17) is 11.6 Å². The molecule has 1 rings (SSSR count). The van der Waals surface area contributed by atoms with Gasteiger partial charge in [-0.05, 0) is 19.4 Å². The molecule has 2 N–H and O–H groups in total. The zero-order chi connectivity index (χ0) is 13.0. The Labute approximate surface area is 104 Å². The molecule has 6 heteroatoms. The maximum absolute atomic E-state index is 12.0. The minimum absolute atomic E-state index is 0.0672. The molecule has 0 saturated carbocycles. The first-order valence-electron chi connectivity index (χ1n) is 5.26. The molecule has 94 valence electrons. The molecule has 0 aliphatic carbocycles. The fourth-order valence-electron chi connectivity index (χ4n) is 1.55. The van der Waals surface area contributed by atoms with Crippen LogP contribution in [-0.2, 0) is 17.9 Å². The number of carbonyl (C=O) groups is 1. The van der Waals surface area contributed by atoms with E-state index in [9.17, 15) is 14.7 Å². The number of aromatic hydroxyl groups is 1. The predicted octanol–water partition coefficient (Wildman–Crippen LogP) is 0.737. The van der Waals surface area contributed by atoms with Gasteiger partial charge < -0.3 is 10.4 Å². The minimum atomic E-state index is -0.332. The Morgan fingerprint density at radius 3 is 2.76 bits per heavy atom. The molecule has 0 unspecified atom stereocenters. The van der Waals surface area contributed by atoms with Crippen LogP contribution in [0.1, 0.15) is 18.1 Å². The van der Waals surface area contributed by atoms with Gasteiger partial charge in [-0.1, -0.05) is 0 Å². The molecule has 0 radical (unpaired) electrons. The topological polar surface area (TPSA) is 71.3 Å². The molecule has 0 aromatic carbocycles. The number of hydrogen-bond acceptors (Lipinski definition) is 3. The molecule has 0 fully saturated rings. The zero-order valence-corrected chi connectivity index (χ0v) is 10.5. The van der Waals surface area contributed by atoms with Gasteiger partial charge in [-0.15, -0.1) is 11.6 Å². The number of hydrogen-bond donors (Lipinski definition) is 2. The first kappa shape index (κ1) is 13.6. The van der Waals surface area contributed by atoms with E-state index in [0.29, 0.717) is 17.7 Å². The van der Waals surface area contributed by atoms with Crippen LogP contribution < -0.4 is 10.9 Å². The molecule has 0 aliphatic heterocycles. The van der Waals surface area contributed by atoms with Gasteiger partial charge in [0.05, 0.1) is 0 Å². The van der Waals surface area contributed by atoms with Crippen LogP contribution in [0.3, 0.4) is 0 Å². The van der Waals surface area contributed by atoms with Crippen molar-refractivity contribution in [2.75, 3.05) is 5.88 Å². The highest BCUT2D eigenvalue weighted by molar-refractivity contribution is 6.27. The predicted molar refractivity (Wildman–Crippen MR) is 65.3 cm³/mol. The van der Waals surface area contributed by atoms with Gasteiger partial charge in [0.1, 0.15) is 5.88 Å². The summed E-state index contributed by atoms with van der Waals surface area (Å²) in [6.45, 7) is 3.97. The van der Waals surface area contributed by atoms with E-state index in [1.54, 1.807) is 13.8 Å². The molecule has 1 aromatic heterocycles. The highest BCUT2D eigenvalue weighted by Gasteiger charge is 2.11. The summed E-state index contributed by atoms with van der Waals surface area (Å²) in [6.07, 6.45) is 0. The van der Waals surface area contributed by atoms with Gasteiger partial charge in [-0.3, -0.25) is 14.2 Å². The number of rotatable bonds is 4. The molecule has 1 amide bonds. The van der Waals surface area contributed by atoms with Gasteiger partial charge in [-0.25, -0.2) is 0 Å². The van der Waals surface area contributed by atoms with Crippen LogP contribution in [-0.4, -0.2) is 21.5 Å². The van der Waals surface area contributed by atoms with Gasteiger partial charge in [0.25, 0.3) is 5.56 Å². The van der Waals surface area contributed by atoms with E-state index in [-0.39, 0.29) is 29.8 Å². The third kappa shape index (κ3) is 3.00. The Morgan fingerprint density at radius 1 is 1.59 bits per heavy atom. The number of pyridine rings is 1. The summed E-state index contributed by atoms with van der Waals surface area (Å²) in [5.41, 5.74) is 0.815. The number of nitrogens with zero attached hydrogens (tertiary/aromatic N) is 1. The van der Waals surface area contributed by atoms with Crippen LogP contribution >= 0.6 is 11.6 Å². The maximum atomic E-state index is 12.0. The standard InChI is InChI=1S/C11H15ClN2O3/c1-3-14-10(16)4-7(2)8(11(14)17)6-13-9(15)5-12/h4,16H,3,5-6H2,1-2H3,(H,13,15). The lowest BCUT2D eigenvalue weighted by molar-refractivity contribution is -0.118. The third-order valence-electron chi connectivity index (χ3n) is 2.50. The lowest BCUT2D eigenvalue weighted by Gasteiger charge is -2.11. The van der Waals surface area contributed by atoms with Gasteiger partial charge >= 0.3 is 0 Å². The molecule has 0 bridgehead atoms. The van der Waals surface area contributed by atoms with Crippen LogP contribution in [0.25, 0.3) is 0 Å². The van der Waals surface area contributed by atoms with Gasteiger partial charge in [0, 0.05) is 24.7 Å². The van der Waals surface area contributed by atoms with E-state index in [2.05, 4.69) is 5.32 Å². The number of amides is 1. The van der Waals surface area contributed by atoms with Gasteiger partial charge in [0.2, 0.25) is 5.91 Å². The minimum Gasteiger partial charge on any atom is -0.494 e.